The van der Waals surface area contributed by atoms with Crippen LogP contribution in [-0.4, -0.2) is 3.21 Å². The van der Waals surface area contributed by atoms with Gasteiger partial charge in [-0.1, -0.05) is 131 Å². The third-order valence-corrected chi connectivity index (χ3v) is 12.7. The summed E-state index contributed by atoms with van der Waals surface area (Å²) in [5, 5.41) is 0. The molecule has 0 N–H and O–H groups in total. The fraction of sp³-hybridized carbons (Fsp3) is 0.288. The van der Waals surface area contributed by atoms with Gasteiger partial charge in [0.05, 0.1) is 0 Å². The molecule has 0 heterocycles. The van der Waals surface area contributed by atoms with E-state index in [2.05, 4.69) is 217 Å². The Kier molecular flexibility index (Phi) is 16.9. The average molecular weight is 935 g/mol. The van der Waals surface area contributed by atoms with E-state index in [-0.39, 0.29) is 46.5 Å². The summed E-state index contributed by atoms with van der Waals surface area (Å²) in [5.74, 6) is 0. The van der Waals surface area contributed by atoms with Gasteiger partial charge in [-0.25, -0.2) is 12.1 Å². The molecule has 0 aromatic heterocycles. The van der Waals surface area contributed by atoms with Gasteiger partial charge < -0.3 is 24.8 Å². The van der Waals surface area contributed by atoms with Crippen molar-refractivity contribution in [3.63, 3.8) is 0 Å². The molecule has 0 unspecified atom stereocenters. The Morgan fingerprint density at radius 3 is 1.31 bits per heavy atom. The van der Waals surface area contributed by atoms with Crippen LogP contribution in [0.25, 0.3) is 33.4 Å². The zero-order chi connectivity index (χ0) is 43.5. The number of fused-ring (bicyclic) bond motifs is 3. The molecule has 1 aliphatic carbocycles. The van der Waals surface area contributed by atoms with Crippen LogP contribution in [0.5, 0.6) is 0 Å². The fourth-order valence-corrected chi connectivity index (χ4v) is 9.35. The number of halogens is 2. The van der Waals surface area contributed by atoms with Gasteiger partial charge in [0.2, 0.25) is 0 Å². The van der Waals surface area contributed by atoms with Gasteiger partial charge in [0, 0.05) is 0 Å². The zero-order valence-electron chi connectivity index (χ0n) is 39.0. The molecule has 0 amide bonds. The Bertz CT molecular complexity index is 2350. The number of hydrogen-bond donors (Lipinski definition) is 0. The van der Waals surface area contributed by atoms with Crippen molar-refractivity contribution < 1.29 is 49.0 Å². The van der Waals surface area contributed by atoms with Crippen molar-refractivity contribution in [1.29, 1.82) is 0 Å². The summed E-state index contributed by atoms with van der Waals surface area (Å²) in [6.45, 7) is 27.7. The monoisotopic (exact) mass is 932 g/mol. The third-order valence-electron chi connectivity index (χ3n) is 11.4. The van der Waals surface area contributed by atoms with Crippen molar-refractivity contribution in [1.82, 2.24) is 0 Å². The van der Waals surface area contributed by atoms with Crippen molar-refractivity contribution >= 4 is 3.21 Å². The van der Waals surface area contributed by atoms with Crippen molar-refractivity contribution in [3.05, 3.63) is 208 Å². The molecular weight excluding hydrogens is 871 g/mol. The first-order chi connectivity index (χ1) is 28.2. The maximum Gasteiger partial charge on any atom is -0.172 e. The van der Waals surface area contributed by atoms with Crippen LogP contribution in [0.3, 0.4) is 0 Å². The van der Waals surface area contributed by atoms with Gasteiger partial charge >= 0.3 is 151 Å². The van der Waals surface area contributed by atoms with Crippen LogP contribution < -0.4 is 24.8 Å². The summed E-state index contributed by atoms with van der Waals surface area (Å²) >= 11 is 1.47. The van der Waals surface area contributed by atoms with E-state index in [1.165, 1.54) is 105 Å². The van der Waals surface area contributed by atoms with Crippen molar-refractivity contribution in [2.75, 3.05) is 0 Å². The molecule has 0 atom stereocenters. The van der Waals surface area contributed by atoms with E-state index < -0.39 is 0 Å². The molecule has 3 heteroatoms. The van der Waals surface area contributed by atoms with Crippen LogP contribution in [0.4, 0.5) is 0 Å². The first kappa shape index (κ1) is 50.6. The van der Waals surface area contributed by atoms with Crippen LogP contribution in [0, 0.1) is 6.07 Å². The van der Waals surface area contributed by atoms with E-state index in [0.717, 1.165) is 6.42 Å². The summed E-state index contributed by atoms with van der Waals surface area (Å²) in [6.07, 6.45) is 0.944. The van der Waals surface area contributed by atoms with E-state index in [1.807, 2.05) is 30.3 Å². The van der Waals surface area contributed by atoms with E-state index in [4.69, 9.17) is 0 Å². The van der Waals surface area contributed by atoms with E-state index in [1.54, 1.807) is 0 Å². The second-order valence-corrected chi connectivity index (χ2v) is 21.6. The molecule has 62 heavy (non-hydrogen) atoms. The first-order valence-corrected chi connectivity index (χ1v) is 22.8. The Balaban J connectivity index is 0.000000252. The molecule has 0 spiro atoms. The molecule has 0 saturated heterocycles. The first-order valence-electron chi connectivity index (χ1n) is 21.6. The van der Waals surface area contributed by atoms with Gasteiger partial charge in [0.15, 0.2) is 0 Å². The van der Waals surface area contributed by atoms with E-state index in [0.29, 0.717) is 0 Å². The summed E-state index contributed by atoms with van der Waals surface area (Å²) < 4.78 is 1.46. The zero-order valence-corrected chi connectivity index (χ0v) is 42.9. The third kappa shape index (κ3) is 12.0. The Hall–Kier alpha value is -4.00. The van der Waals surface area contributed by atoms with Crippen LogP contribution in [0.1, 0.15) is 128 Å². The molecule has 0 fully saturated rings. The standard InChI is InChI=1S/C33H33.C21H26.C5H5.2ClH.Zr/c1-32(2,3)30-20-26-24(18-28(30)22-13-9-7-10-14-22)17-25-19-29(23-15-11-8-12-16-23)31(21-27(25)26)33(4,5)6;1-20(2,3)18-13-9-7-11-16(18)15-17-12-8-10-14-19(17)21(4,5)6;1-2-4-5-3-1;;;/h7-16,18,20-21H,17H2,1-6H3;7-14H,1-6H3;1-5H;2*1H;/q-1;;-1;;;+2/p-2. The quantitative estimate of drug-likeness (QED) is 0.154. The predicted octanol–water partition coefficient (Wildman–Crippen LogP) is 9.80. The number of benzene rings is 6. The molecule has 0 radical (unpaired) electrons. The summed E-state index contributed by atoms with van der Waals surface area (Å²) in [7, 11) is 0. The molecule has 320 valence electrons. The van der Waals surface area contributed by atoms with Gasteiger partial charge in [-0.05, 0) is 39.5 Å². The van der Waals surface area contributed by atoms with Crippen LogP contribution >= 0.6 is 0 Å². The summed E-state index contributed by atoms with van der Waals surface area (Å²) in [4.78, 5) is 0. The summed E-state index contributed by atoms with van der Waals surface area (Å²) in [5.41, 5.74) is 19.5. The molecule has 7 aromatic rings. The van der Waals surface area contributed by atoms with Gasteiger partial charge in [-0.2, -0.15) is 18.2 Å². The molecule has 0 saturated carbocycles. The number of rotatable bonds is 4. The Morgan fingerprint density at radius 1 is 0.452 bits per heavy atom. The Labute approximate surface area is 402 Å². The molecule has 1 aliphatic rings. The molecule has 0 bridgehead atoms. The van der Waals surface area contributed by atoms with Crippen molar-refractivity contribution in [3.8, 4) is 33.4 Å². The van der Waals surface area contributed by atoms with Gasteiger partial charge in [-0.15, -0.1) is 28.8 Å². The van der Waals surface area contributed by atoms with Crippen LogP contribution in [0.15, 0.2) is 158 Å². The normalized spacial score (nSPS) is 12.0. The second-order valence-electron chi connectivity index (χ2n) is 20.3. The average Bonchev–Trinajstić information content (AvgIpc) is 3.91. The molecular formula is C59H64Cl2Zr-2. The molecule has 8 rings (SSSR count). The number of hydrogen-bond acceptors (Lipinski definition) is 0. The van der Waals surface area contributed by atoms with E-state index in [9.17, 15) is 0 Å². The van der Waals surface area contributed by atoms with E-state index >= 15 is 0 Å². The van der Waals surface area contributed by atoms with Crippen molar-refractivity contribution in [2.24, 2.45) is 0 Å². The minimum atomic E-state index is 0. The minimum absolute atomic E-state index is 0. The largest absolute Gasteiger partial charge is 1.00 e. The SMILES string of the molecule is CC(C)(C)c1cc2c([c-]c1-c1ccccc1)Cc1cc(-c3ccccc3)c(C(C)(C)C)cc1-2.CC(C)(C)c1ccccc1[C](=[Zr+2])c1ccccc1C(C)(C)C.[Cl-].[Cl-].c1cc[cH-]c1. The van der Waals surface area contributed by atoms with Gasteiger partial charge in [0.1, 0.15) is 0 Å². The second kappa shape index (κ2) is 20.7. The fourth-order valence-electron chi connectivity index (χ4n) is 8.28. The van der Waals surface area contributed by atoms with Crippen LogP contribution in [0.2, 0.25) is 0 Å². The van der Waals surface area contributed by atoms with Crippen molar-refractivity contribution in [2.45, 2.75) is 111 Å². The Morgan fingerprint density at radius 2 is 0.871 bits per heavy atom. The van der Waals surface area contributed by atoms with Gasteiger partial charge in [-0.3, -0.25) is 0 Å². The molecule has 0 nitrogen and oxygen atoms in total. The minimum Gasteiger partial charge on any atom is -1.00 e. The molecule has 7 aromatic carbocycles. The predicted molar refractivity (Wildman–Crippen MR) is 257 cm³/mol. The summed E-state index contributed by atoms with van der Waals surface area (Å²) in [6, 6.07) is 60.6. The topological polar surface area (TPSA) is 0 Å². The smallest absolute Gasteiger partial charge is 0.172 e. The maximum atomic E-state index is 3.88. The van der Waals surface area contributed by atoms with Gasteiger partial charge in [0.25, 0.3) is 0 Å². The van der Waals surface area contributed by atoms with Crippen LogP contribution in [-0.2, 0) is 52.3 Å². The molecule has 0 aliphatic heterocycles. The maximum absolute atomic E-state index is 3.88.